The number of halogens is 1. The molecule has 5 heteroatoms. The zero-order valence-corrected chi connectivity index (χ0v) is 15.1. The molecule has 1 aliphatic rings. The van der Waals surface area contributed by atoms with Crippen molar-refractivity contribution in [3.8, 4) is 0 Å². The fourth-order valence-electron chi connectivity index (χ4n) is 2.98. The van der Waals surface area contributed by atoms with E-state index in [4.69, 9.17) is 11.6 Å². The molecule has 1 saturated carbocycles. The number of para-hydroxylation sites is 1. The molecule has 1 N–H and O–H groups in total. The highest BCUT2D eigenvalue weighted by molar-refractivity contribution is 6.30. The average Bonchev–Trinajstić information content (AvgIpc) is 3.41. The van der Waals surface area contributed by atoms with Gasteiger partial charge in [0.25, 0.3) is 0 Å². The molecule has 0 radical (unpaired) electrons. The zero-order chi connectivity index (χ0) is 18.0. The van der Waals surface area contributed by atoms with Crippen molar-refractivity contribution in [1.82, 2.24) is 0 Å². The number of hydrogen-bond acceptors (Lipinski definition) is 2. The third kappa shape index (κ3) is 3.40. The lowest BCUT2D eigenvalue weighted by molar-refractivity contribution is -0.132. The first-order chi connectivity index (χ1) is 12.0. The Morgan fingerprint density at radius 1 is 1.16 bits per heavy atom. The van der Waals surface area contributed by atoms with Crippen LogP contribution in [0.25, 0.3) is 0 Å². The summed E-state index contributed by atoms with van der Waals surface area (Å²) in [6.07, 6.45) is 1.15. The summed E-state index contributed by atoms with van der Waals surface area (Å²) in [4.78, 5) is 27.6. The minimum absolute atomic E-state index is 0.134. The number of carbonyl (C=O) groups excluding carboxylic acids is 2. The van der Waals surface area contributed by atoms with Gasteiger partial charge in [-0.05, 0) is 62.6 Å². The van der Waals surface area contributed by atoms with E-state index in [1.165, 1.54) is 0 Å². The summed E-state index contributed by atoms with van der Waals surface area (Å²) in [7, 11) is 0. The van der Waals surface area contributed by atoms with Crippen LogP contribution in [0.3, 0.4) is 0 Å². The van der Waals surface area contributed by atoms with Gasteiger partial charge in [-0.1, -0.05) is 29.8 Å². The largest absolute Gasteiger partial charge is 0.325 e. The van der Waals surface area contributed by atoms with Gasteiger partial charge in [0.1, 0.15) is 5.41 Å². The van der Waals surface area contributed by atoms with Crippen molar-refractivity contribution in [3.63, 3.8) is 0 Å². The first kappa shape index (κ1) is 17.5. The number of amides is 2. The molecule has 0 unspecified atom stereocenters. The molecule has 2 aromatic carbocycles. The van der Waals surface area contributed by atoms with E-state index in [-0.39, 0.29) is 11.8 Å². The van der Waals surface area contributed by atoms with Gasteiger partial charge in [0, 0.05) is 22.9 Å². The molecule has 0 saturated heterocycles. The minimum Gasteiger partial charge on any atom is -0.325 e. The molecule has 0 aromatic heterocycles. The fraction of sp³-hybridized carbons (Fsp3) is 0.300. The van der Waals surface area contributed by atoms with Crippen molar-refractivity contribution in [2.45, 2.75) is 26.7 Å². The lowest BCUT2D eigenvalue weighted by Crippen LogP contribution is -2.43. The van der Waals surface area contributed by atoms with Gasteiger partial charge in [0.15, 0.2) is 0 Å². The van der Waals surface area contributed by atoms with Crippen LogP contribution >= 0.6 is 11.6 Å². The summed E-state index contributed by atoms with van der Waals surface area (Å²) in [5.41, 5.74) is 1.42. The molecule has 1 fully saturated rings. The van der Waals surface area contributed by atoms with Gasteiger partial charge in [-0.3, -0.25) is 9.59 Å². The Kier molecular flexibility index (Phi) is 4.82. The third-order valence-corrected chi connectivity index (χ3v) is 4.90. The molecule has 0 spiro atoms. The van der Waals surface area contributed by atoms with E-state index < -0.39 is 5.41 Å². The second-order valence-electron chi connectivity index (χ2n) is 6.38. The maximum absolute atomic E-state index is 13.1. The highest BCUT2D eigenvalue weighted by Crippen LogP contribution is 2.49. The number of rotatable bonds is 5. The van der Waals surface area contributed by atoms with Crippen LogP contribution in [0.5, 0.6) is 0 Å². The number of hydrogen-bond donors (Lipinski definition) is 1. The summed E-state index contributed by atoms with van der Waals surface area (Å²) in [5.74, 6) is -0.373. The normalized spacial score (nSPS) is 14.7. The van der Waals surface area contributed by atoms with E-state index >= 15 is 0 Å². The van der Waals surface area contributed by atoms with Crippen LogP contribution in [0, 0.1) is 12.3 Å². The summed E-state index contributed by atoms with van der Waals surface area (Å²) in [5, 5.41) is 3.53. The molecule has 1 aliphatic carbocycles. The van der Waals surface area contributed by atoms with Gasteiger partial charge in [-0.2, -0.15) is 0 Å². The maximum atomic E-state index is 13.1. The van der Waals surface area contributed by atoms with E-state index in [9.17, 15) is 9.59 Å². The van der Waals surface area contributed by atoms with Crippen LogP contribution in [0.15, 0.2) is 48.5 Å². The Morgan fingerprint density at radius 3 is 2.40 bits per heavy atom. The van der Waals surface area contributed by atoms with E-state index in [1.807, 2.05) is 44.2 Å². The van der Waals surface area contributed by atoms with Crippen molar-refractivity contribution >= 4 is 34.8 Å². The third-order valence-electron chi connectivity index (χ3n) is 4.66. The van der Waals surface area contributed by atoms with Crippen LogP contribution in [0.2, 0.25) is 5.02 Å². The van der Waals surface area contributed by atoms with Crippen molar-refractivity contribution in [2.75, 3.05) is 16.8 Å². The zero-order valence-electron chi connectivity index (χ0n) is 14.4. The molecule has 0 atom stereocenters. The number of carbonyl (C=O) groups is 2. The molecular formula is C20H21ClN2O2. The first-order valence-electron chi connectivity index (χ1n) is 8.42. The summed E-state index contributed by atoms with van der Waals surface area (Å²) in [6.45, 7) is 4.32. The van der Waals surface area contributed by atoms with E-state index in [0.29, 0.717) is 30.1 Å². The number of nitrogens with zero attached hydrogens (tertiary/aromatic N) is 1. The van der Waals surface area contributed by atoms with Gasteiger partial charge in [0.2, 0.25) is 11.8 Å². The summed E-state index contributed by atoms with van der Waals surface area (Å²) >= 11 is 5.96. The van der Waals surface area contributed by atoms with Crippen molar-refractivity contribution in [3.05, 3.63) is 59.1 Å². The Hall–Kier alpha value is -2.33. The molecule has 2 aromatic rings. The van der Waals surface area contributed by atoms with Gasteiger partial charge in [-0.25, -0.2) is 0 Å². The number of benzene rings is 2. The second-order valence-corrected chi connectivity index (χ2v) is 6.82. The van der Waals surface area contributed by atoms with E-state index in [2.05, 4.69) is 5.32 Å². The molecule has 0 aliphatic heterocycles. The fourth-order valence-corrected chi connectivity index (χ4v) is 3.21. The van der Waals surface area contributed by atoms with Crippen molar-refractivity contribution in [2.24, 2.45) is 5.41 Å². The van der Waals surface area contributed by atoms with E-state index in [0.717, 1.165) is 11.3 Å². The topological polar surface area (TPSA) is 49.4 Å². The van der Waals surface area contributed by atoms with Crippen LogP contribution in [0.4, 0.5) is 11.4 Å². The highest BCUT2D eigenvalue weighted by Gasteiger charge is 2.58. The maximum Gasteiger partial charge on any atom is 0.242 e. The SMILES string of the molecule is CCN(C(=O)C1(C(=O)Nc2ccc(Cl)cc2C)CC1)c1ccccc1. The first-order valence-corrected chi connectivity index (χ1v) is 8.80. The van der Waals surface area contributed by atoms with Crippen molar-refractivity contribution in [1.29, 1.82) is 0 Å². The number of anilines is 2. The smallest absolute Gasteiger partial charge is 0.242 e. The predicted octanol–water partition coefficient (Wildman–Crippen LogP) is 4.42. The van der Waals surface area contributed by atoms with Crippen LogP contribution in [-0.2, 0) is 9.59 Å². The molecule has 0 heterocycles. The molecule has 4 nitrogen and oxygen atoms in total. The van der Waals surface area contributed by atoms with Crippen LogP contribution in [-0.4, -0.2) is 18.4 Å². The average molecular weight is 357 g/mol. The van der Waals surface area contributed by atoms with Crippen LogP contribution in [0.1, 0.15) is 25.3 Å². The number of nitrogens with one attached hydrogen (secondary N) is 1. The Balaban J connectivity index is 1.81. The predicted molar refractivity (Wildman–Crippen MR) is 101 cm³/mol. The van der Waals surface area contributed by atoms with Gasteiger partial charge in [-0.15, -0.1) is 0 Å². The quantitative estimate of drug-likeness (QED) is 0.806. The van der Waals surface area contributed by atoms with Gasteiger partial charge in [0.05, 0.1) is 0 Å². The second kappa shape index (κ2) is 6.89. The van der Waals surface area contributed by atoms with Gasteiger partial charge >= 0.3 is 0 Å². The lowest BCUT2D eigenvalue weighted by Gasteiger charge is -2.26. The van der Waals surface area contributed by atoms with Crippen molar-refractivity contribution < 1.29 is 9.59 Å². The van der Waals surface area contributed by atoms with Gasteiger partial charge < -0.3 is 10.2 Å². The number of aryl methyl sites for hydroxylation is 1. The molecule has 2 amide bonds. The molecule has 130 valence electrons. The minimum atomic E-state index is -0.960. The monoisotopic (exact) mass is 356 g/mol. The summed E-state index contributed by atoms with van der Waals surface area (Å²) < 4.78 is 0. The lowest BCUT2D eigenvalue weighted by atomic mass is 10.0. The van der Waals surface area contributed by atoms with Crippen LogP contribution < -0.4 is 10.2 Å². The molecule has 3 rings (SSSR count). The Morgan fingerprint density at radius 2 is 1.84 bits per heavy atom. The Bertz CT molecular complexity index is 801. The highest BCUT2D eigenvalue weighted by atomic mass is 35.5. The molecular weight excluding hydrogens is 336 g/mol. The summed E-state index contributed by atoms with van der Waals surface area (Å²) in [6, 6.07) is 14.8. The molecule has 25 heavy (non-hydrogen) atoms. The standard InChI is InChI=1S/C20H21ClN2O2/c1-3-23(16-7-5-4-6-8-16)19(25)20(11-12-20)18(24)22-17-10-9-15(21)13-14(17)2/h4-10,13H,3,11-12H2,1-2H3,(H,22,24). The molecule has 0 bridgehead atoms. The van der Waals surface area contributed by atoms with E-state index in [1.54, 1.807) is 23.1 Å². The Labute approximate surface area is 152 Å².